The van der Waals surface area contributed by atoms with Gasteiger partial charge in [0.2, 0.25) is 0 Å². The minimum absolute atomic E-state index is 0.242. The highest BCUT2D eigenvalue weighted by atomic mass is 35.5. The Kier molecular flexibility index (Phi) is 5.39. The molecule has 0 unspecified atom stereocenters. The Hall–Kier alpha value is -2.52. The lowest BCUT2D eigenvalue weighted by molar-refractivity contribution is 0.311. The minimum Gasteiger partial charge on any atom is -0.493 e. The van der Waals surface area contributed by atoms with E-state index in [2.05, 4.69) is 15.3 Å². The molecule has 22 heavy (non-hydrogen) atoms. The molecule has 0 atom stereocenters. The van der Waals surface area contributed by atoms with E-state index in [0.29, 0.717) is 35.5 Å². The molecular formula is C15H15ClN4O2. The molecular weight excluding hydrogens is 304 g/mol. The molecule has 0 amide bonds. The second-order valence-electron chi connectivity index (χ2n) is 4.26. The fourth-order valence-electron chi connectivity index (χ4n) is 1.89. The molecule has 0 fully saturated rings. The molecule has 0 aliphatic carbocycles. The van der Waals surface area contributed by atoms with E-state index in [4.69, 9.17) is 26.3 Å². The van der Waals surface area contributed by atoms with Gasteiger partial charge in [0.1, 0.15) is 6.07 Å². The second kappa shape index (κ2) is 7.48. The number of hydrogen-bond acceptors (Lipinski definition) is 6. The van der Waals surface area contributed by atoms with Crippen LogP contribution in [0.15, 0.2) is 24.5 Å². The average molecular weight is 319 g/mol. The van der Waals surface area contributed by atoms with Gasteiger partial charge < -0.3 is 14.8 Å². The molecule has 114 valence electrons. The van der Waals surface area contributed by atoms with Crippen LogP contribution < -0.4 is 14.8 Å². The lowest BCUT2D eigenvalue weighted by Crippen LogP contribution is -2.05. The van der Waals surface area contributed by atoms with Crippen molar-refractivity contribution in [2.75, 3.05) is 19.0 Å². The zero-order chi connectivity index (χ0) is 15.9. The van der Waals surface area contributed by atoms with Crippen molar-refractivity contribution in [1.29, 1.82) is 5.26 Å². The molecule has 1 N–H and O–H groups in total. The van der Waals surface area contributed by atoms with Crippen molar-refractivity contribution in [2.45, 2.75) is 13.5 Å². The molecule has 1 heterocycles. The summed E-state index contributed by atoms with van der Waals surface area (Å²) in [5, 5.41) is 12.5. The number of nitriles is 1. The van der Waals surface area contributed by atoms with Gasteiger partial charge in [0.05, 0.1) is 18.7 Å². The third kappa shape index (κ3) is 3.57. The summed E-state index contributed by atoms with van der Waals surface area (Å²) in [5.41, 5.74) is 1.12. The molecule has 0 aliphatic rings. The van der Waals surface area contributed by atoms with Crippen LogP contribution in [0, 0.1) is 11.3 Å². The fourth-order valence-corrected chi connectivity index (χ4v) is 2.18. The SMILES string of the molecule is CCOc1c(Cl)cc(CNc2nccnc2C#N)cc1OC. The van der Waals surface area contributed by atoms with Crippen molar-refractivity contribution >= 4 is 17.4 Å². The summed E-state index contributed by atoms with van der Waals surface area (Å²) in [6, 6.07) is 5.59. The molecule has 6 nitrogen and oxygen atoms in total. The Morgan fingerprint density at radius 3 is 2.77 bits per heavy atom. The highest BCUT2D eigenvalue weighted by molar-refractivity contribution is 6.32. The van der Waals surface area contributed by atoms with Crippen LogP contribution in [0.25, 0.3) is 0 Å². The maximum atomic E-state index is 8.99. The molecule has 0 saturated heterocycles. The maximum absolute atomic E-state index is 8.99. The van der Waals surface area contributed by atoms with E-state index in [-0.39, 0.29) is 5.69 Å². The van der Waals surface area contributed by atoms with E-state index in [0.717, 1.165) is 5.56 Å². The monoisotopic (exact) mass is 318 g/mol. The summed E-state index contributed by atoms with van der Waals surface area (Å²) in [4.78, 5) is 8.03. The van der Waals surface area contributed by atoms with Crippen LogP contribution in [-0.4, -0.2) is 23.7 Å². The summed E-state index contributed by atoms with van der Waals surface area (Å²) < 4.78 is 10.8. The predicted octanol–water partition coefficient (Wildman–Crippen LogP) is 3.02. The van der Waals surface area contributed by atoms with Gasteiger partial charge in [0, 0.05) is 18.9 Å². The largest absolute Gasteiger partial charge is 0.493 e. The predicted molar refractivity (Wildman–Crippen MR) is 83.2 cm³/mol. The highest BCUT2D eigenvalue weighted by Crippen LogP contribution is 2.36. The Morgan fingerprint density at radius 2 is 2.09 bits per heavy atom. The van der Waals surface area contributed by atoms with E-state index in [1.807, 2.05) is 19.1 Å². The van der Waals surface area contributed by atoms with Crippen LogP contribution in [0.3, 0.4) is 0 Å². The highest BCUT2D eigenvalue weighted by Gasteiger charge is 2.12. The van der Waals surface area contributed by atoms with E-state index in [1.54, 1.807) is 13.2 Å². The number of nitrogens with one attached hydrogen (secondary N) is 1. The zero-order valence-electron chi connectivity index (χ0n) is 12.3. The van der Waals surface area contributed by atoms with Crippen LogP contribution in [-0.2, 0) is 6.54 Å². The zero-order valence-corrected chi connectivity index (χ0v) is 13.0. The normalized spacial score (nSPS) is 9.91. The Morgan fingerprint density at radius 1 is 1.32 bits per heavy atom. The molecule has 2 aromatic rings. The molecule has 0 spiro atoms. The summed E-state index contributed by atoms with van der Waals surface area (Å²) in [7, 11) is 1.56. The van der Waals surface area contributed by atoms with Gasteiger partial charge in [-0.15, -0.1) is 0 Å². The van der Waals surface area contributed by atoms with Crippen molar-refractivity contribution in [1.82, 2.24) is 9.97 Å². The van der Waals surface area contributed by atoms with Gasteiger partial charge in [-0.05, 0) is 24.6 Å². The van der Waals surface area contributed by atoms with Gasteiger partial charge in [-0.3, -0.25) is 0 Å². The smallest absolute Gasteiger partial charge is 0.182 e. The Balaban J connectivity index is 2.20. The molecule has 0 radical (unpaired) electrons. The minimum atomic E-state index is 0.242. The Bertz CT molecular complexity index is 700. The molecule has 0 aliphatic heterocycles. The van der Waals surface area contributed by atoms with Crippen molar-refractivity contribution in [2.24, 2.45) is 0 Å². The van der Waals surface area contributed by atoms with Crippen LogP contribution in [0.2, 0.25) is 5.02 Å². The number of anilines is 1. The molecule has 0 bridgehead atoms. The number of ether oxygens (including phenoxy) is 2. The van der Waals surface area contributed by atoms with Crippen LogP contribution in [0.4, 0.5) is 5.82 Å². The summed E-state index contributed by atoms with van der Waals surface area (Å²) in [6.07, 6.45) is 3.00. The first-order chi connectivity index (χ1) is 10.7. The van der Waals surface area contributed by atoms with Gasteiger partial charge >= 0.3 is 0 Å². The fraction of sp³-hybridized carbons (Fsp3) is 0.267. The van der Waals surface area contributed by atoms with Gasteiger partial charge in [-0.1, -0.05) is 11.6 Å². The average Bonchev–Trinajstić information content (AvgIpc) is 2.55. The van der Waals surface area contributed by atoms with Gasteiger partial charge in [-0.25, -0.2) is 9.97 Å². The van der Waals surface area contributed by atoms with Crippen LogP contribution in [0.1, 0.15) is 18.2 Å². The van der Waals surface area contributed by atoms with E-state index in [9.17, 15) is 0 Å². The number of nitrogens with zero attached hydrogens (tertiary/aromatic N) is 3. The maximum Gasteiger partial charge on any atom is 0.182 e. The van der Waals surface area contributed by atoms with E-state index in [1.165, 1.54) is 12.4 Å². The lowest BCUT2D eigenvalue weighted by Gasteiger charge is -2.13. The number of halogens is 1. The summed E-state index contributed by atoms with van der Waals surface area (Å²) >= 11 is 6.22. The number of benzene rings is 1. The summed E-state index contributed by atoms with van der Waals surface area (Å²) in [6.45, 7) is 2.80. The van der Waals surface area contributed by atoms with Crippen molar-refractivity contribution in [3.63, 3.8) is 0 Å². The third-order valence-corrected chi connectivity index (χ3v) is 3.12. The van der Waals surface area contributed by atoms with E-state index < -0.39 is 0 Å². The van der Waals surface area contributed by atoms with Crippen LogP contribution >= 0.6 is 11.6 Å². The molecule has 0 saturated carbocycles. The van der Waals surface area contributed by atoms with Gasteiger partial charge in [0.15, 0.2) is 23.0 Å². The van der Waals surface area contributed by atoms with Crippen molar-refractivity contribution in [3.05, 3.63) is 40.8 Å². The molecule has 1 aromatic carbocycles. The molecule has 2 rings (SSSR count). The number of rotatable bonds is 6. The first-order valence-electron chi connectivity index (χ1n) is 6.63. The third-order valence-electron chi connectivity index (χ3n) is 2.84. The van der Waals surface area contributed by atoms with Crippen molar-refractivity contribution in [3.8, 4) is 17.6 Å². The summed E-state index contributed by atoms with van der Waals surface area (Å²) in [5.74, 6) is 1.51. The van der Waals surface area contributed by atoms with E-state index >= 15 is 0 Å². The molecule has 1 aromatic heterocycles. The lowest BCUT2D eigenvalue weighted by atomic mass is 10.2. The molecule has 7 heteroatoms. The number of methoxy groups -OCH3 is 1. The van der Waals surface area contributed by atoms with Crippen LogP contribution in [0.5, 0.6) is 11.5 Å². The quantitative estimate of drug-likeness (QED) is 0.881. The van der Waals surface area contributed by atoms with Crippen molar-refractivity contribution < 1.29 is 9.47 Å². The second-order valence-corrected chi connectivity index (χ2v) is 4.67. The van der Waals surface area contributed by atoms with Gasteiger partial charge in [-0.2, -0.15) is 5.26 Å². The first-order valence-corrected chi connectivity index (χ1v) is 7.01. The Labute approximate surface area is 133 Å². The van der Waals surface area contributed by atoms with Gasteiger partial charge in [0.25, 0.3) is 0 Å². The standard InChI is InChI=1S/C15H15ClN4O2/c1-3-22-14-11(16)6-10(7-13(14)21-2)9-20-15-12(8-17)18-4-5-19-15/h4-7H,3,9H2,1-2H3,(H,19,20). The first kappa shape index (κ1) is 15.9. The number of hydrogen-bond donors (Lipinski definition) is 1. The topological polar surface area (TPSA) is 80.1 Å². The number of aromatic nitrogens is 2.